The fourth-order valence-electron chi connectivity index (χ4n) is 2.67. The van der Waals surface area contributed by atoms with Gasteiger partial charge in [-0.2, -0.15) is 0 Å². The SMILES string of the molecule is CC(=O)N[C@@H](Cc1ccc(F)cc1)C(=O)N[C@H](Cc1ccccc1Br)C(=O)O. The van der Waals surface area contributed by atoms with Crippen LogP contribution in [-0.4, -0.2) is 35.0 Å². The molecule has 0 bridgehead atoms. The van der Waals surface area contributed by atoms with Crippen LogP contribution in [0, 0.1) is 5.82 Å². The molecule has 8 heteroatoms. The van der Waals surface area contributed by atoms with E-state index < -0.39 is 35.7 Å². The van der Waals surface area contributed by atoms with Crippen LogP contribution in [0.15, 0.2) is 53.0 Å². The summed E-state index contributed by atoms with van der Waals surface area (Å²) in [6.07, 6.45) is 0.179. The van der Waals surface area contributed by atoms with Crippen molar-refractivity contribution in [2.24, 2.45) is 0 Å². The van der Waals surface area contributed by atoms with Gasteiger partial charge in [0.25, 0.3) is 0 Å². The second kappa shape index (κ2) is 9.98. The number of hydrogen-bond donors (Lipinski definition) is 3. The van der Waals surface area contributed by atoms with E-state index in [2.05, 4.69) is 26.6 Å². The van der Waals surface area contributed by atoms with E-state index >= 15 is 0 Å². The van der Waals surface area contributed by atoms with E-state index in [4.69, 9.17) is 0 Å². The van der Waals surface area contributed by atoms with Gasteiger partial charge >= 0.3 is 5.97 Å². The van der Waals surface area contributed by atoms with Gasteiger partial charge in [-0.25, -0.2) is 9.18 Å². The number of nitrogens with one attached hydrogen (secondary N) is 2. The molecule has 2 atom stereocenters. The Hall–Kier alpha value is -2.74. The summed E-state index contributed by atoms with van der Waals surface area (Å²) in [7, 11) is 0. The Labute approximate surface area is 170 Å². The number of carbonyl (C=O) groups is 3. The molecule has 6 nitrogen and oxygen atoms in total. The highest BCUT2D eigenvalue weighted by molar-refractivity contribution is 9.10. The van der Waals surface area contributed by atoms with E-state index in [1.54, 1.807) is 24.3 Å². The van der Waals surface area contributed by atoms with Crippen LogP contribution in [0.2, 0.25) is 0 Å². The van der Waals surface area contributed by atoms with Crippen LogP contribution in [0.25, 0.3) is 0 Å². The minimum absolute atomic E-state index is 0.0752. The largest absolute Gasteiger partial charge is 0.480 e. The molecule has 0 aliphatic carbocycles. The lowest BCUT2D eigenvalue weighted by atomic mass is 10.0. The molecule has 0 radical (unpaired) electrons. The van der Waals surface area contributed by atoms with Crippen LogP contribution in [0.4, 0.5) is 4.39 Å². The van der Waals surface area contributed by atoms with Crippen molar-refractivity contribution in [1.82, 2.24) is 10.6 Å². The first-order chi connectivity index (χ1) is 13.3. The first-order valence-corrected chi connectivity index (χ1v) is 9.33. The van der Waals surface area contributed by atoms with Crippen molar-refractivity contribution in [2.45, 2.75) is 31.8 Å². The summed E-state index contributed by atoms with van der Waals surface area (Å²) >= 11 is 3.36. The fourth-order valence-corrected chi connectivity index (χ4v) is 3.11. The summed E-state index contributed by atoms with van der Waals surface area (Å²) < 4.78 is 13.8. The minimum Gasteiger partial charge on any atom is -0.480 e. The molecule has 0 saturated carbocycles. The van der Waals surface area contributed by atoms with Gasteiger partial charge in [-0.05, 0) is 29.3 Å². The Bertz CT molecular complexity index is 858. The summed E-state index contributed by atoms with van der Waals surface area (Å²) in [5.74, 6) is -2.66. The van der Waals surface area contributed by atoms with Crippen LogP contribution >= 0.6 is 15.9 Å². The Morgan fingerprint density at radius 2 is 1.64 bits per heavy atom. The standard InChI is InChI=1S/C20H20BrFN2O4/c1-12(25)23-17(10-13-6-8-15(22)9-7-13)19(26)24-18(20(27)28)11-14-4-2-3-5-16(14)21/h2-9,17-18H,10-11H2,1H3,(H,23,25)(H,24,26)(H,27,28)/t17-,18+/m0/s1. The lowest BCUT2D eigenvalue weighted by Gasteiger charge is -2.21. The van der Waals surface area contributed by atoms with E-state index in [1.807, 2.05) is 0 Å². The van der Waals surface area contributed by atoms with Crippen molar-refractivity contribution in [2.75, 3.05) is 0 Å². The zero-order valence-electron chi connectivity index (χ0n) is 15.1. The van der Waals surface area contributed by atoms with E-state index in [1.165, 1.54) is 31.2 Å². The predicted octanol–water partition coefficient (Wildman–Crippen LogP) is 2.45. The number of carboxylic acids is 1. The third-order valence-corrected chi connectivity index (χ3v) is 4.82. The second-order valence-electron chi connectivity index (χ2n) is 6.28. The van der Waals surface area contributed by atoms with Gasteiger partial charge in [0.05, 0.1) is 0 Å². The lowest BCUT2D eigenvalue weighted by Crippen LogP contribution is -2.52. The molecule has 0 fully saturated rings. The number of rotatable bonds is 8. The number of hydrogen-bond acceptors (Lipinski definition) is 3. The van der Waals surface area contributed by atoms with Crippen molar-refractivity contribution in [3.63, 3.8) is 0 Å². The quantitative estimate of drug-likeness (QED) is 0.575. The Kier molecular flexibility index (Phi) is 7.69. The highest BCUT2D eigenvalue weighted by Crippen LogP contribution is 2.18. The Balaban J connectivity index is 2.14. The highest BCUT2D eigenvalue weighted by atomic mass is 79.9. The van der Waals surface area contributed by atoms with Gasteiger partial charge in [-0.1, -0.05) is 46.3 Å². The number of halogens is 2. The average Bonchev–Trinajstić information content (AvgIpc) is 2.63. The number of carbonyl (C=O) groups excluding carboxylic acids is 2. The molecule has 0 unspecified atom stereocenters. The molecule has 0 aliphatic rings. The zero-order chi connectivity index (χ0) is 20.7. The topological polar surface area (TPSA) is 95.5 Å². The average molecular weight is 451 g/mol. The molecule has 2 aromatic carbocycles. The van der Waals surface area contributed by atoms with Crippen molar-refractivity contribution in [1.29, 1.82) is 0 Å². The van der Waals surface area contributed by atoms with Crippen LogP contribution in [0.3, 0.4) is 0 Å². The summed E-state index contributed by atoms with van der Waals surface area (Å²) in [6, 6.07) is 10.5. The molecule has 0 spiro atoms. The van der Waals surface area contributed by atoms with Crippen molar-refractivity contribution < 1.29 is 23.9 Å². The van der Waals surface area contributed by atoms with E-state index in [0.29, 0.717) is 5.56 Å². The van der Waals surface area contributed by atoms with Crippen LogP contribution in [0.5, 0.6) is 0 Å². The smallest absolute Gasteiger partial charge is 0.326 e. The molecule has 0 heterocycles. The number of aliphatic carboxylic acids is 1. The maximum absolute atomic E-state index is 13.1. The maximum Gasteiger partial charge on any atom is 0.326 e. The van der Waals surface area contributed by atoms with Crippen molar-refractivity contribution in [3.05, 3.63) is 69.9 Å². The molecule has 3 N–H and O–H groups in total. The third-order valence-electron chi connectivity index (χ3n) is 4.04. The van der Waals surface area contributed by atoms with Gasteiger partial charge in [0, 0.05) is 24.2 Å². The first-order valence-electron chi connectivity index (χ1n) is 8.54. The van der Waals surface area contributed by atoms with Gasteiger partial charge in [0.15, 0.2) is 0 Å². The molecule has 0 saturated heterocycles. The highest BCUT2D eigenvalue weighted by Gasteiger charge is 2.26. The fraction of sp³-hybridized carbons (Fsp3) is 0.250. The molecular formula is C20H20BrFN2O4. The molecule has 0 aromatic heterocycles. The summed E-state index contributed by atoms with van der Waals surface area (Å²) in [4.78, 5) is 35.8. The molecule has 28 heavy (non-hydrogen) atoms. The predicted molar refractivity (Wildman–Crippen MR) is 105 cm³/mol. The summed E-state index contributed by atoms with van der Waals surface area (Å²) in [5.41, 5.74) is 1.36. The third kappa shape index (κ3) is 6.45. The van der Waals surface area contributed by atoms with Crippen molar-refractivity contribution >= 4 is 33.7 Å². The van der Waals surface area contributed by atoms with Gasteiger partial charge in [0.2, 0.25) is 11.8 Å². The van der Waals surface area contributed by atoms with E-state index in [9.17, 15) is 23.9 Å². The maximum atomic E-state index is 13.1. The van der Waals surface area contributed by atoms with Gasteiger partial charge < -0.3 is 15.7 Å². The van der Waals surface area contributed by atoms with Gasteiger partial charge in [-0.15, -0.1) is 0 Å². The van der Waals surface area contributed by atoms with Crippen LogP contribution < -0.4 is 10.6 Å². The van der Waals surface area contributed by atoms with E-state index in [0.717, 1.165) is 10.0 Å². The Morgan fingerprint density at radius 3 is 2.21 bits per heavy atom. The zero-order valence-corrected chi connectivity index (χ0v) is 16.7. The normalized spacial score (nSPS) is 12.7. The summed E-state index contributed by atoms with van der Waals surface area (Å²) in [5, 5.41) is 14.5. The molecule has 0 aliphatic heterocycles. The number of carboxylic acid groups (broad SMARTS) is 1. The monoisotopic (exact) mass is 450 g/mol. The molecule has 2 amide bonds. The van der Waals surface area contributed by atoms with Gasteiger partial charge in [0.1, 0.15) is 17.9 Å². The molecule has 2 rings (SSSR count). The minimum atomic E-state index is -1.19. The molecule has 148 valence electrons. The van der Waals surface area contributed by atoms with Crippen LogP contribution in [-0.2, 0) is 27.2 Å². The van der Waals surface area contributed by atoms with Gasteiger partial charge in [-0.3, -0.25) is 9.59 Å². The van der Waals surface area contributed by atoms with Crippen LogP contribution in [0.1, 0.15) is 18.1 Å². The molecular weight excluding hydrogens is 431 g/mol. The number of benzene rings is 2. The Morgan fingerprint density at radius 1 is 1.00 bits per heavy atom. The number of amides is 2. The second-order valence-corrected chi connectivity index (χ2v) is 7.13. The lowest BCUT2D eigenvalue weighted by molar-refractivity contribution is -0.142. The summed E-state index contributed by atoms with van der Waals surface area (Å²) in [6.45, 7) is 1.26. The van der Waals surface area contributed by atoms with Crippen molar-refractivity contribution in [3.8, 4) is 0 Å². The first kappa shape index (κ1) is 21.6. The molecule has 2 aromatic rings. The van der Waals surface area contributed by atoms with E-state index in [-0.39, 0.29) is 12.8 Å².